The van der Waals surface area contributed by atoms with Crippen LogP contribution in [-0.2, 0) is 14.4 Å². The van der Waals surface area contributed by atoms with E-state index in [1.807, 2.05) is 48.5 Å². The van der Waals surface area contributed by atoms with Crippen LogP contribution in [0.1, 0.15) is 81.6 Å². The highest BCUT2D eigenvalue weighted by atomic mass is 19.1. The summed E-state index contributed by atoms with van der Waals surface area (Å²) in [6, 6.07) is 4.57. The Kier molecular flexibility index (Phi) is 25.6. The molecular weight excluding hydrogens is 503 g/mol. The van der Waals surface area contributed by atoms with Crippen molar-refractivity contribution < 1.29 is 28.6 Å². The number of nitrogens with two attached hydrogens (primary N) is 1. The number of carboxylic acid groups (broad SMARTS) is 1. The Morgan fingerprint density at radius 2 is 1.64 bits per heavy atom. The van der Waals surface area contributed by atoms with Crippen LogP contribution in [0.4, 0.5) is 4.39 Å². The molecule has 0 bridgehead atoms. The van der Waals surface area contributed by atoms with Gasteiger partial charge in [-0.05, 0) is 70.7 Å². The van der Waals surface area contributed by atoms with Crippen molar-refractivity contribution in [3.05, 3.63) is 41.7 Å². The van der Waals surface area contributed by atoms with Gasteiger partial charge in [-0.15, -0.1) is 0 Å². The van der Waals surface area contributed by atoms with Gasteiger partial charge in [-0.2, -0.15) is 0 Å². The van der Waals surface area contributed by atoms with Gasteiger partial charge >= 0.3 is 5.97 Å². The van der Waals surface area contributed by atoms with Gasteiger partial charge in [0.1, 0.15) is 17.6 Å². The van der Waals surface area contributed by atoms with E-state index in [1.54, 1.807) is 0 Å². The van der Waals surface area contributed by atoms with Crippen molar-refractivity contribution >= 4 is 24.1 Å². The maximum Gasteiger partial charge on any atom is 0.326 e. The third-order valence-corrected chi connectivity index (χ3v) is 5.41. The highest BCUT2D eigenvalue weighted by Crippen LogP contribution is 2.29. The predicted octanol–water partition coefficient (Wildman–Crippen LogP) is 5.39. The van der Waals surface area contributed by atoms with Gasteiger partial charge in [0.25, 0.3) is 0 Å². The van der Waals surface area contributed by atoms with Gasteiger partial charge < -0.3 is 25.8 Å². The number of rotatable bonds is 8. The van der Waals surface area contributed by atoms with Crippen molar-refractivity contribution in [2.45, 2.75) is 93.7 Å². The number of nitrogens with one attached hydrogen (secondary N) is 2. The fourth-order valence-corrected chi connectivity index (χ4v) is 3.15. The molecule has 9 nitrogen and oxygen atoms in total. The van der Waals surface area contributed by atoms with Crippen LogP contribution >= 0.6 is 0 Å². The van der Waals surface area contributed by atoms with Crippen LogP contribution in [0.15, 0.2) is 35.9 Å². The summed E-state index contributed by atoms with van der Waals surface area (Å²) >= 11 is 0. The van der Waals surface area contributed by atoms with Gasteiger partial charge in [0, 0.05) is 12.5 Å². The molecule has 1 aromatic carbocycles. The summed E-state index contributed by atoms with van der Waals surface area (Å²) in [6.07, 6.45) is 3.85. The van der Waals surface area contributed by atoms with Crippen molar-refractivity contribution in [2.75, 3.05) is 13.2 Å². The molecule has 1 aromatic rings. The zero-order valence-corrected chi connectivity index (χ0v) is 25.2. The number of halogens is 1. The number of nitrogens with zero attached hydrogens (tertiary/aromatic N) is 1. The average molecular weight is 555 g/mol. The molecule has 3 atom stereocenters. The summed E-state index contributed by atoms with van der Waals surface area (Å²) in [6.45, 7) is 18.0. The molecule has 0 radical (unpaired) electrons. The van der Waals surface area contributed by atoms with Crippen molar-refractivity contribution in [3.63, 3.8) is 0 Å². The molecule has 1 heterocycles. The lowest BCUT2D eigenvalue weighted by atomic mass is 10.0. The SMILES string of the molecule is CC.CC.CC1[C@@H](C)CC(C(=O)O)N1C(=O)CNC(=O)CCCOc1ccc(F)cc1.CC=C(C)C.N=CN. The minimum absolute atomic E-state index is 0.0920. The molecule has 2 amide bonds. The second kappa shape index (κ2) is 24.9. The van der Waals surface area contributed by atoms with Crippen LogP contribution in [0.5, 0.6) is 5.75 Å². The fourth-order valence-electron chi connectivity index (χ4n) is 3.15. The lowest BCUT2D eigenvalue weighted by Crippen LogP contribution is -2.48. The van der Waals surface area contributed by atoms with Gasteiger partial charge in [0.05, 0.1) is 19.5 Å². The Hall–Kier alpha value is -3.43. The summed E-state index contributed by atoms with van der Waals surface area (Å²) in [4.78, 5) is 36.9. The number of benzene rings is 1. The molecule has 0 spiro atoms. The van der Waals surface area contributed by atoms with E-state index in [4.69, 9.17) is 10.1 Å². The average Bonchev–Trinajstić information content (AvgIpc) is 3.23. The Balaban J connectivity index is -0.000000922. The molecule has 224 valence electrons. The first-order valence-electron chi connectivity index (χ1n) is 13.5. The third kappa shape index (κ3) is 18.5. The second-order valence-corrected chi connectivity index (χ2v) is 8.32. The van der Waals surface area contributed by atoms with E-state index < -0.39 is 17.9 Å². The van der Waals surface area contributed by atoms with Crippen LogP contribution in [0, 0.1) is 17.1 Å². The minimum Gasteiger partial charge on any atom is -0.494 e. The Bertz CT molecular complexity index is 843. The van der Waals surface area contributed by atoms with Gasteiger partial charge in [0.2, 0.25) is 11.8 Å². The zero-order chi connectivity index (χ0) is 31.0. The lowest BCUT2D eigenvalue weighted by molar-refractivity contribution is -0.149. The quantitative estimate of drug-likeness (QED) is 0.147. The first-order valence-corrected chi connectivity index (χ1v) is 13.5. The van der Waals surface area contributed by atoms with Crippen LogP contribution in [0.25, 0.3) is 0 Å². The largest absolute Gasteiger partial charge is 0.494 e. The topological polar surface area (TPSA) is 146 Å². The smallest absolute Gasteiger partial charge is 0.326 e. The number of carboxylic acids is 1. The lowest BCUT2D eigenvalue weighted by Gasteiger charge is -2.27. The maximum atomic E-state index is 12.8. The predicted molar refractivity (Wildman–Crippen MR) is 156 cm³/mol. The Morgan fingerprint density at radius 1 is 1.15 bits per heavy atom. The molecule has 1 aliphatic rings. The molecule has 10 heteroatoms. The van der Waals surface area contributed by atoms with Gasteiger partial charge in [0.15, 0.2) is 0 Å². The first kappa shape index (κ1) is 40.1. The van der Waals surface area contributed by atoms with E-state index in [0.29, 0.717) is 18.6 Å². The highest BCUT2D eigenvalue weighted by molar-refractivity contribution is 5.88. The van der Waals surface area contributed by atoms with Crippen molar-refractivity contribution in [3.8, 4) is 5.75 Å². The zero-order valence-electron chi connectivity index (χ0n) is 25.2. The van der Waals surface area contributed by atoms with Crippen LogP contribution in [-0.4, -0.2) is 59.4 Å². The number of amides is 2. The monoisotopic (exact) mass is 554 g/mol. The molecule has 2 unspecified atom stereocenters. The number of hydrogen-bond acceptors (Lipinski definition) is 5. The maximum absolute atomic E-state index is 12.8. The summed E-state index contributed by atoms with van der Waals surface area (Å²) in [5, 5.41) is 17.7. The van der Waals surface area contributed by atoms with Crippen molar-refractivity contribution in [1.29, 1.82) is 5.41 Å². The molecule has 5 N–H and O–H groups in total. The number of likely N-dealkylation sites (tertiary alicyclic amines) is 1. The second-order valence-electron chi connectivity index (χ2n) is 8.32. The Labute approximate surface area is 234 Å². The summed E-state index contributed by atoms with van der Waals surface area (Å²) in [7, 11) is 0. The van der Waals surface area contributed by atoms with Gasteiger partial charge in [-0.1, -0.05) is 46.3 Å². The van der Waals surface area contributed by atoms with Crippen molar-refractivity contribution in [1.82, 2.24) is 10.2 Å². The number of ether oxygens (including phenoxy) is 1. The standard InChI is InChI=1S/C19H25FN2O5.C5H10.2C2H6.CH4N2/c1-12-10-16(19(25)26)22(13(12)2)18(24)11-21-17(23)4-3-9-27-15-7-5-14(20)6-8-15;1-4-5(2)3;2*1-2;2-1-3/h5-8,12-13,16H,3-4,9-11H2,1-2H3,(H,21,23)(H,25,26);4H,1-3H3;2*1-2H3;1H,(H3,2,3)/t12-,13?,16?;;;;/m0..../s1. The molecular formula is C29H51FN4O5. The Morgan fingerprint density at radius 3 is 2.08 bits per heavy atom. The van der Waals surface area contributed by atoms with Crippen LogP contribution in [0.2, 0.25) is 0 Å². The molecule has 1 aliphatic heterocycles. The van der Waals surface area contributed by atoms with E-state index in [-0.39, 0.29) is 43.3 Å². The van der Waals surface area contributed by atoms with Gasteiger partial charge in [-0.3, -0.25) is 15.0 Å². The number of carbonyl (C=O) groups is 3. The number of hydrogen-bond donors (Lipinski definition) is 4. The third-order valence-electron chi connectivity index (χ3n) is 5.41. The summed E-state index contributed by atoms with van der Waals surface area (Å²) in [5.41, 5.74) is 5.77. The van der Waals surface area contributed by atoms with E-state index >= 15 is 0 Å². The molecule has 0 aliphatic carbocycles. The van der Waals surface area contributed by atoms with Crippen molar-refractivity contribution in [2.24, 2.45) is 11.7 Å². The first-order chi connectivity index (χ1) is 18.5. The molecule has 39 heavy (non-hydrogen) atoms. The number of carbonyl (C=O) groups excluding carboxylic acids is 2. The van der Waals surface area contributed by atoms with Crippen LogP contribution < -0.4 is 15.8 Å². The summed E-state index contributed by atoms with van der Waals surface area (Å²) in [5.74, 6) is -1.46. The van der Waals surface area contributed by atoms with E-state index in [2.05, 4.69) is 31.0 Å². The normalized spacial score (nSPS) is 16.6. The summed E-state index contributed by atoms with van der Waals surface area (Å²) < 4.78 is 18.2. The highest BCUT2D eigenvalue weighted by Gasteiger charge is 2.42. The van der Waals surface area contributed by atoms with E-state index in [9.17, 15) is 23.9 Å². The molecule has 1 saturated heterocycles. The van der Waals surface area contributed by atoms with Gasteiger partial charge in [-0.25, -0.2) is 9.18 Å². The molecule has 2 rings (SSSR count). The van der Waals surface area contributed by atoms with E-state index in [0.717, 1.165) is 6.34 Å². The fraction of sp³-hybridized carbons (Fsp3) is 0.586. The molecule has 1 fully saturated rings. The molecule has 0 aromatic heterocycles. The molecule has 0 saturated carbocycles. The van der Waals surface area contributed by atoms with Crippen LogP contribution in [0.3, 0.4) is 0 Å². The minimum atomic E-state index is -1.02. The number of aliphatic carboxylic acids is 1. The number of allylic oxidation sites excluding steroid dienone is 2. The van der Waals surface area contributed by atoms with E-state index in [1.165, 1.54) is 34.7 Å².